The quantitative estimate of drug-likeness (QED) is 0.893. The molecular weight excluding hydrogens is 235 g/mol. The van der Waals surface area contributed by atoms with E-state index in [0.29, 0.717) is 29.5 Å². The maximum Gasteiger partial charge on any atom is 0.157 e. The molecule has 0 aliphatic rings. The third kappa shape index (κ3) is 2.98. The van der Waals surface area contributed by atoms with Crippen molar-refractivity contribution >= 4 is 5.82 Å². The molecule has 0 amide bonds. The lowest BCUT2D eigenvalue weighted by Crippen LogP contribution is -2.03. The van der Waals surface area contributed by atoms with E-state index in [1.807, 2.05) is 6.92 Å². The lowest BCUT2D eigenvalue weighted by atomic mass is 10.2. The summed E-state index contributed by atoms with van der Waals surface area (Å²) in [7, 11) is 0. The van der Waals surface area contributed by atoms with Crippen LogP contribution in [0.1, 0.15) is 12.7 Å². The number of pyridine rings is 1. The minimum atomic E-state index is -0.420. The van der Waals surface area contributed by atoms with Crippen molar-refractivity contribution in [1.82, 2.24) is 15.0 Å². The van der Waals surface area contributed by atoms with Crippen LogP contribution in [0.25, 0.3) is 11.3 Å². The van der Waals surface area contributed by atoms with E-state index in [1.165, 1.54) is 12.3 Å². The Hall–Kier alpha value is -2.08. The van der Waals surface area contributed by atoms with Gasteiger partial charge in [-0.1, -0.05) is 0 Å². The zero-order valence-electron chi connectivity index (χ0n) is 9.93. The summed E-state index contributed by atoms with van der Waals surface area (Å²) in [6, 6.07) is 2.92. The van der Waals surface area contributed by atoms with Crippen LogP contribution in [0.3, 0.4) is 0 Å². The number of aromatic nitrogens is 3. The highest BCUT2D eigenvalue weighted by Gasteiger charge is 2.06. The van der Waals surface area contributed by atoms with Crippen LogP contribution in [0, 0.1) is 5.82 Å². The molecule has 6 heteroatoms. The lowest BCUT2D eigenvalue weighted by Gasteiger charge is -2.06. The summed E-state index contributed by atoms with van der Waals surface area (Å²) < 4.78 is 18.3. The largest absolute Gasteiger partial charge is 0.384 e. The molecule has 94 valence electrons. The molecule has 5 nitrogen and oxygen atoms in total. The number of hydrogen-bond acceptors (Lipinski definition) is 5. The number of halogens is 1. The van der Waals surface area contributed by atoms with Crippen molar-refractivity contribution in [2.45, 2.75) is 13.5 Å². The summed E-state index contributed by atoms with van der Waals surface area (Å²) in [5.74, 6) is 0.367. The molecule has 0 aliphatic heterocycles. The average molecular weight is 248 g/mol. The van der Waals surface area contributed by atoms with Crippen LogP contribution in [0.2, 0.25) is 0 Å². The van der Waals surface area contributed by atoms with Crippen LogP contribution in [0.4, 0.5) is 10.2 Å². The van der Waals surface area contributed by atoms with Gasteiger partial charge in [0.15, 0.2) is 5.82 Å². The molecule has 2 aromatic heterocycles. The molecule has 2 N–H and O–H groups in total. The zero-order chi connectivity index (χ0) is 13.0. The number of hydrogen-bond donors (Lipinski definition) is 1. The van der Waals surface area contributed by atoms with E-state index in [-0.39, 0.29) is 6.61 Å². The van der Waals surface area contributed by atoms with Crippen molar-refractivity contribution in [3.05, 3.63) is 36.2 Å². The first kappa shape index (κ1) is 12.4. The Kier molecular flexibility index (Phi) is 3.78. The summed E-state index contributed by atoms with van der Waals surface area (Å²) in [4.78, 5) is 12.1. The van der Waals surface area contributed by atoms with Gasteiger partial charge in [0.25, 0.3) is 0 Å². The van der Waals surface area contributed by atoms with Crippen molar-refractivity contribution in [3.8, 4) is 11.3 Å². The van der Waals surface area contributed by atoms with Gasteiger partial charge in [-0.25, -0.2) is 14.4 Å². The van der Waals surface area contributed by atoms with Crippen LogP contribution in [0.5, 0.6) is 0 Å². The predicted molar refractivity (Wildman–Crippen MR) is 65.0 cm³/mol. The summed E-state index contributed by atoms with van der Waals surface area (Å²) in [5.41, 5.74) is 6.77. The van der Waals surface area contributed by atoms with Gasteiger partial charge in [0.1, 0.15) is 18.2 Å². The Morgan fingerprint density at radius 3 is 2.83 bits per heavy atom. The summed E-state index contributed by atoms with van der Waals surface area (Å²) in [6.45, 7) is 2.72. The fraction of sp³-hybridized carbons (Fsp3) is 0.250. The fourth-order valence-corrected chi connectivity index (χ4v) is 1.48. The molecular formula is C12H13FN4O. The molecule has 0 saturated heterocycles. The Balaban J connectivity index is 2.35. The molecule has 18 heavy (non-hydrogen) atoms. The van der Waals surface area contributed by atoms with Crippen molar-refractivity contribution in [2.75, 3.05) is 12.3 Å². The number of rotatable bonds is 4. The van der Waals surface area contributed by atoms with Gasteiger partial charge in [-0.05, 0) is 13.0 Å². The normalized spacial score (nSPS) is 10.6. The minimum Gasteiger partial charge on any atom is -0.384 e. The molecule has 2 rings (SSSR count). The van der Waals surface area contributed by atoms with Crippen LogP contribution < -0.4 is 5.73 Å². The van der Waals surface area contributed by atoms with Gasteiger partial charge >= 0.3 is 0 Å². The van der Waals surface area contributed by atoms with Crippen molar-refractivity contribution in [3.63, 3.8) is 0 Å². The molecule has 2 aromatic rings. The second kappa shape index (κ2) is 5.50. The fourth-order valence-electron chi connectivity index (χ4n) is 1.48. The molecule has 0 unspecified atom stereocenters. The van der Waals surface area contributed by atoms with E-state index in [0.717, 1.165) is 6.20 Å². The third-order valence-electron chi connectivity index (χ3n) is 2.23. The van der Waals surface area contributed by atoms with Crippen LogP contribution in [-0.2, 0) is 11.3 Å². The van der Waals surface area contributed by atoms with Crippen LogP contribution in [-0.4, -0.2) is 21.6 Å². The molecule has 0 aromatic carbocycles. The number of nitrogens with two attached hydrogens (primary N) is 1. The smallest absolute Gasteiger partial charge is 0.157 e. The van der Waals surface area contributed by atoms with Gasteiger partial charge < -0.3 is 10.5 Å². The Bertz CT molecular complexity index is 547. The van der Waals surface area contributed by atoms with Gasteiger partial charge in [0.2, 0.25) is 0 Å². The van der Waals surface area contributed by atoms with Crippen LogP contribution in [0.15, 0.2) is 24.5 Å². The topological polar surface area (TPSA) is 73.9 Å². The highest BCUT2D eigenvalue weighted by atomic mass is 19.1. The predicted octanol–water partition coefficient (Wildman–Crippen LogP) is 1.80. The first-order valence-corrected chi connectivity index (χ1v) is 5.51. The van der Waals surface area contributed by atoms with E-state index in [9.17, 15) is 4.39 Å². The number of nitrogen functional groups attached to an aromatic ring is 1. The van der Waals surface area contributed by atoms with E-state index in [1.54, 1.807) is 6.07 Å². The van der Waals surface area contributed by atoms with E-state index in [4.69, 9.17) is 10.5 Å². The zero-order valence-corrected chi connectivity index (χ0v) is 9.93. The molecule has 2 heterocycles. The molecule has 0 saturated carbocycles. The summed E-state index contributed by atoms with van der Waals surface area (Å²) in [6.07, 6.45) is 2.66. The Morgan fingerprint density at radius 2 is 2.11 bits per heavy atom. The number of ether oxygens (including phenoxy) is 1. The standard InChI is InChI=1S/C12H13FN4O/c1-2-18-7-12-16-10(4-11(14)17-12)8-3-9(13)6-15-5-8/h3-6H,2,7H2,1H3,(H2,14,16,17). The molecule has 0 fully saturated rings. The average Bonchev–Trinajstić information content (AvgIpc) is 2.36. The van der Waals surface area contributed by atoms with E-state index >= 15 is 0 Å². The van der Waals surface area contributed by atoms with Crippen molar-refractivity contribution in [1.29, 1.82) is 0 Å². The van der Waals surface area contributed by atoms with Crippen molar-refractivity contribution < 1.29 is 9.13 Å². The third-order valence-corrected chi connectivity index (χ3v) is 2.23. The maximum absolute atomic E-state index is 13.1. The van der Waals surface area contributed by atoms with Gasteiger partial charge in [0, 0.05) is 24.4 Å². The van der Waals surface area contributed by atoms with Crippen LogP contribution >= 0.6 is 0 Å². The summed E-state index contributed by atoms with van der Waals surface area (Å²) >= 11 is 0. The second-order valence-corrected chi connectivity index (χ2v) is 3.62. The first-order valence-electron chi connectivity index (χ1n) is 5.51. The SMILES string of the molecule is CCOCc1nc(N)cc(-c2cncc(F)c2)n1. The highest BCUT2D eigenvalue weighted by Crippen LogP contribution is 2.18. The highest BCUT2D eigenvalue weighted by molar-refractivity contribution is 5.60. The van der Waals surface area contributed by atoms with Gasteiger partial charge in [0.05, 0.1) is 11.9 Å². The Morgan fingerprint density at radius 1 is 1.28 bits per heavy atom. The number of nitrogens with zero attached hydrogens (tertiary/aromatic N) is 3. The molecule has 0 atom stereocenters. The van der Waals surface area contributed by atoms with E-state index < -0.39 is 5.82 Å². The molecule has 0 aliphatic carbocycles. The van der Waals surface area contributed by atoms with Gasteiger partial charge in [-0.2, -0.15) is 0 Å². The lowest BCUT2D eigenvalue weighted by molar-refractivity contribution is 0.128. The molecule has 0 bridgehead atoms. The maximum atomic E-state index is 13.1. The van der Waals surface area contributed by atoms with Crippen molar-refractivity contribution in [2.24, 2.45) is 0 Å². The molecule has 0 spiro atoms. The Labute approximate surface area is 104 Å². The van der Waals surface area contributed by atoms with Gasteiger partial charge in [-0.3, -0.25) is 4.98 Å². The minimum absolute atomic E-state index is 0.275. The first-order chi connectivity index (χ1) is 8.69. The number of anilines is 1. The molecule has 0 radical (unpaired) electrons. The summed E-state index contributed by atoms with van der Waals surface area (Å²) in [5, 5.41) is 0. The van der Waals surface area contributed by atoms with E-state index in [2.05, 4.69) is 15.0 Å². The second-order valence-electron chi connectivity index (χ2n) is 3.62. The monoisotopic (exact) mass is 248 g/mol. The van der Waals surface area contributed by atoms with Gasteiger partial charge in [-0.15, -0.1) is 0 Å².